The molecule has 2 N–H and O–H groups in total. The van der Waals surface area contributed by atoms with Crippen LogP contribution in [0.4, 0.5) is 0 Å². The van der Waals surface area contributed by atoms with Gasteiger partial charge in [0.05, 0.1) is 10.5 Å². The van der Waals surface area contributed by atoms with Gasteiger partial charge in [0, 0.05) is 13.0 Å². The Morgan fingerprint density at radius 3 is 2.47 bits per heavy atom. The van der Waals surface area contributed by atoms with Gasteiger partial charge in [0.1, 0.15) is 18.4 Å². The number of nitrogens with zero attached hydrogens (tertiary/aromatic N) is 1. The number of piperidine rings is 1. The third kappa shape index (κ3) is 4.89. The summed E-state index contributed by atoms with van der Waals surface area (Å²) in [6.07, 6.45) is 1.67. The summed E-state index contributed by atoms with van der Waals surface area (Å²) in [4.78, 5) is 11.7. The molecule has 0 saturated carbocycles. The van der Waals surface area contributed by atoms with Crippen molar-refractivity contribution in [3.8, 4) is 5.75 Å². The fourth-order valence-electron chi connectivity index (χ4n) is 3.57. The summed E-state index contributed by atoms with van der Waals surface area (Å²) in [5.74, 6) is -0.782. The number of carbonyl (C=O) groups is 1. The monoisotopic (exact) mass is 431 g/mol. The molecule has 7 nitrogen and oxygen atoms in total. The van der Waals surface area contributed by atoms with Gasteiger partial charge in [-0.05, 0) is 42.7 Å². The maximum Gasteiger partial charge on any atom is 0.322 e. The number of carboxylic acid groups (broad SMARTS) is 1. The average Bonchev–Trinajstić information content (AvgIpc) is 2.73. The molecule has 30 heavy (non-hydrogen) atoms. The van der Waals surface area contributed by atoms with E-state index in [0.717, 1.165) is 9.87 Å². The first kappa shape index (κ1) is 22.0. The van der Waals surface area contributed by atoms with Gasteiger partial charge in [0.15, 0.2) is 0 Å². The van der Waals surface area contributed by atoms with Crippen LogP contribution in [0, 0.1) is 0 Å². The first-order chi connectivity index (χ1) is 14.2. The van der Waals surface area contributed by atoms with Gasteiger partial charge < -0.3 is 14.9 Å². The lowest BCUT2D eigenvalue weighted by molar-refractivity contribution is -0.146. The molecule has 1 fully saturated rings. The molecular weight excluding hydrogens is 406 g/mol. The van der Waals surface area contributed by atoms with Crippen LogP contribution < -0.4 is 4.74 Å². The SMILES string of the molecule is C=CCC1(O)CCN(S(=O)(=O)c2ccc(OCc3ccccc3)cc2)C(C(=O)O)C1. The zero-order chi connectivity index (χ0) is 21.8. The number of carboxylic acids is 1. The van der Waals surface area contributed by atoms with Crippen LogP contribution in [0.5, 0.6) is 5.75 Å². The maximum absolute atomic E-state index is 13.1. The molecule has 1 aliphatic heterocycles. The molecular formula is C22H25NO6S. The van der Waals surface area contributed by atoms with Crippen molar-refractivity contribution in [1.82, 2.24) is 4.31 Å². The highest BCUT2D eigenvalue weighted by atomic mass is 32.2. The standard InChI is InChI=1S/C22H25NO6S/c1-2-12-22(26)13-14-23(20(15-22)21(24)25)30(27,28)19-10-8-18(9-11-19)29-16-17-6-4-3-5-7-17/h2-11,20,26H,1,12-16H2,(H,24,25). The van der Waals surface area contributed by atoms with E-state index in [1.54, 1.807) is 12.1 Å². The second-order valence-corrected chi connectivity index (χ2v) is 9.28. The number of hydrogen-bond donors (Lipinski definition) is 2. The summed E-state index contributed by atoms with van der Waals surface area (Å²) in [7, 11) is -4.05. The van der Waals surface area contributed by atoms with E-state index in [1.807, 2.05) is 30.3 Å². The van der Waals surface area contributed by atoms with Crippen molar-refractivity contribution in [2.75, 3.05) is 6.54 Å². The Balaban J connectivity index is 1.75. The highest BCUT2D eigenvalue weighted by Gasteiger charge is 2.46. The quantitative estimate of drug-likeness (QED) is 0.623. The van der Waals surface area contributed by atoms with Gasteiger partial charge in [-0.1, -0.05) is 36.4 Å². The van der Waals surface area contributed by atoms with E-state index in [-0.39, 0.29) is 30.7 Å². The number of hydrogen-bond acceptors (Lipinski definition) is 5. The van der Waals surface area contributed by atoms with E-state index in [4.69, 9.17) is 4.74 Å². The largest absolute Gasteiger partial charge is 0.489 e. The van der Waals surface area contributed by atoms with Crippen molar-refractivity contribution < 1.29 is 28.2 Å². The summed E-state index contributed by atoms with van der Waals surface area (Å²) in [5.41, 5.74) is -0.287. The van der Waals surface area contributed by atoms with Gasteiger partial charge in [0.2, 0.25) is 10.0 Å². The van der Waals surface area contributed by atoms with E-state index in [0.29, 0.717) is 12.4 Å². The highest BCUT2D eigenvalue weighted by Crippen LogP contribution is 2.34. The number of benzene rings is 2. The summed E-state index contributed by atoms with van der Waals surface area (Å²) >= 11 is 0. The van der Waals surface area contributed by atoms with Crippen LogP contribution in [0.15, 0.2) is 72.1 Å². The van der Waals surface area contributed by atoms with Crippen LogP contribution in [-0.4, -0.2) is 47.1 Å². The van der Waals surface area contributed by atoms with Crippen molar-refractivity contribution in [2.24, 2.45) is 0 Å². The predicted octanol–water partition coefficient (Wildman–Crippen LogP) is 2.81. The Morgan fingerprint density at radius 2 is 1.87 bits per heavy atom. The van der Waals surface area contributed by atoms with Gasteiger partial charge in [-0.3, -0.25) is 4.79 Å². The Kier molecular flexibility index (Phi) is 6.60. The normalized spacial score (nSPS) is 22.4. The molecule has 0 aliphatic carbocycles. The van der Waals surface area contributed by atoms with E-state index < -0.39 is 27.6 Å². The second-order valence-electron chi connectivity index (χ2n) is 7.39. The Morgan fingerprint density at radius 1 is 1.20 bits per heavy atom. The molecule has 1 heterocycles. The number of ether oxygens (including phenoxy) is 1. The molecule has 2 aromatic rings. The summed E-state index contributed by atoms with van der Waals surface area (Å²) in [6, 6.07) is 14.1. The number of aliphatic carboxylic acids is 1. The van der Waals surface area contributed by atoms with Gasteiger partial charge in [-0.25, -0.2) is 8.42 Å². The van der Waals surface area contributed by atoms with E-state index in [2.05, 4.69) is 6.58 Å². The van der Waals surface area contributed by atoms with Crippen LogP contribution in [-0.2, 0) is 21.4 Å². The lowest BCUT2D eigenvalue weighted by Gasteiger charge is -2.41. The third-order valence-corrected chi connectivity index (χ3v) is 7.13. The molecule has 1 aliphatic rings. The molecule has 0 aromatic heterocycles. The molecule has 8 heteroatoms. The molecule has 0 amide bonds. The summed E-state index contributed by atoms with van der Waals surface area (Å²) in [6.45, 7) is 3.84. The Hall–Kier alpha value is -2.68. The summed E-state index contributed by atoms with van der Waals surface area (Å²) in [5, 5.41) is 20.1. The molecule has 0 bridgehead atoms. The fraction of sp³-hybridized carbons (Fsp3) is 0.318. The molecule has 160 valence electrons. The van der Waals surface area contributed by atoms with Crippen molar-refractivity contribution in [1.29, 1.82) is 0 Å². The topological polar surface area (TPSA) is 104 Å². The predicted molar refractivity (Wildman–Crippen MR) is 112 cm³/mol. The van der Waals surface area contributed by atoms with Crippen LogP contribution in [0.3, 0.4) is 0 Å². The first-order valence-electron chi connectivity index (χ1n) is 9.60. The molecule has 2 aromatic carbocycles. The zero-order valence-corrected chi connectivity index (χ0v) is 17.3. The van der Waals surface area contributed by atoms with E-state index in [1.165, 1.54) is 18.2 Å². The maximum atomic E-state index is 13.1. The summed E-state index contributed by atoms with van der Waals surface area (Å²) < 4.78 is 32.8. The number of aliphatic hydroxyl groups is 1. The van der Waals surface area contributed by atoms with Crippen LogP contribution in [0.2, 0.25) is 0 Å². The van der Waals surface area contributed by atoms with Gasteiger partial charge in [-0.15, -0.1) is 6.58 Å². The lowest BCUT2D eigenvalue weighted by Crippen LogP contribution is -2.55. The number of rotatable bonds is 8. The van der Waals surface area contributed by atoms with Gasteiger partial charge in [0.25, 0.3) is 0 Å². The minimum absolute atomic E-state index is 0.0185. The van der Waals surface area contributed by atoms with Gasteiger partial charge >= 0.3 is 5.97 Å². The molecule has 2 unspecified atom stereocenters. The van der Waals surface area contributed by atoms with E-state index >= 15 is 0 Å². The van der Waals surface area contributed by atoms with Crippen LogP contribution >= 0.6 is 0 Å². The molecule has 1 saturated heterocycles. The smallest absolute Gasteiger partial charge is 0.322 e. The fourth-order valence-corrected chi connectivity index (χ4v) is 5.16. The molecule has 2 atom stereocenters. The minimum atomic E-state index is -4.05. The van der Waals surface area contributed by atoms with Gasteiger partial charge in [-0.2, -0.15) is 4.31 Å². The second kappa shape index (κ2) is 8.99. The molecule has 0 radical (unpaired) electrons. The molecule has 3 rings (SSSR count). The van der Waals surface area contributed by atoms with E-state index in [9.17, 15) is 23.4 Å². The lowest BCUT2D eigenvalue weighted by atomic mass is 9.85. The zero-order valence-electron chi connectivity index (χ0n) is 16.5. The molecule has 0 spiro atoms. The van der Waals surface area contributed by atoms with Crippen molar-refractivity contribution >= 4 is 16.0 Å². The Bertz CT molecular complexity index is 990. The number of sulfonamides is 1. The van der Waals surface area contributed by atoms with Crippen LogP contribution in [0.1, 0.15) is 24.8 Å². The third-order valence-electron chi connectivity index (χ3n) is 5.21. The first-order valence-corrected chi connectivity index (χ1v) is 11.0. The Labute approximate surface area is 176 Å². The van der Waals surface area contributed by atoms with Crippen LogP contribution in [0.25, 0.3) is 0 Å². The van der Waals surface area contributed by atoms with Crippen molar-refractivity contribution in [3.05, 3.63) is 72.8 Å². The van der Waals surface area contributed by atoms with Crippen molar-refractivity contribution in [2.45, 2.75) is 42.4 Å². The average molecular weight is 432 g/mol. The van der Waals surface area contributed by atoms with Crippen molar-refractivity contribution in [3.63, 3.8) is 0 Å². The minimum Gasteiger partial charge on any atom is -0.489 e. The highest BCUT2D eigenvalue weighted by molar-refractivity contribution is 7.89.